The average Bonchev–Trinajstić information content (AvgIpc) is 3.27. The maximum absolute atomic E-state index is 12.6. The van der Waals surface area contributed by atoms with E-state index < -0.39 is 54.7 Å². The molecule has 1 aromatic carbocycles. The SMILES string of the molecule is CC(=O)Nc1ccc(-c2cn(CC(=O)N[C@H]3[C@H]([C@H](O)[C@H](O)CO)OC(C(=O)O)=C[C@@H]3O)nn2)cc1. The molecule has 0 fully saturated rings. The maximum Gasteiger partial charge on any atom is 0.370 e. The third kappa shape index (κ3) is 6.39. The number of carboxylic acid groups (broad SMARTS) is 1. The Balaban J connectivity index is 1.70. The normalized spacial score (nSPS) is 21.3. The second-order valence-corrected chi connectivity index (χ2v) is 7.80. The van der Waals surface area contributed by atoms with E-state index in [-0.39, 0.29) is 12.5 Å². The van der Waals surface area contributed by atoms with Crippen molar-refractivity contribution in [3.8, 4) is 11.3 Å². The van der Waals surface area contributed by atoms with Gasteiger partial charge in [-0.1, -0.05) is 17.3 Å². The van der Waals surface area contributed by atoms with Crippen LogP contribution in [0.1, 0.15) is 6.92 Å². The van der Waals surface area contributed by atoms with Crippen molar-refractivity contribution in [2.45, 2.75) is 43.9 Å². The molecule has 7 N–H and O–H groups in total. The summed E-state index contributed by atoms with van der Waals surface area (Å²) in [5.74, 6) is -3.09. The fourth-order valence-electron chi connectivity index (χ4n) is 3.42. The van der Waals surface area contributed by atoms with Crippen LogP contribution in [0.25, 0.3) is 11.3 Å². The molecule has 5 atom stereocenters. The van der Waals surface area contributed by atoms with Gasteiger partial charge in [-0.05, 0) is 18.2 Å². The summed E-state index contributed by atoms with van der Waals surface area (Å²) in [5.41, 5.74) is 1.72. The number of amides is 2. The van der Waals surface area contributed by atoms with Crippen LogP contribution in [-0.2, 0) is 25.7 Å². The lowest BCUT2D eigenvalue weighted by Gasteiger charge is -2.38. The number of rotatable bonds is 9. The molecule has 0 unspecified atom stereocenters. The van der Waals surface area contributed by atoms with E-state index in [0.717, 1.165) is 6.08 Å². The Labute approximate surface area is 198 Å². The number of hydrogen-bond donors (Lipinski definition) is 7. The second kappa shape index (κ2) is 11.1. The number of carboxylic acids is 1. The number of aliphatic carboxylic acids is 1. The predicted octanol–water partition coefficient (Wildman–Crippen LogP) is -2.17. The van der Waals surface area contributed by atoms with Gasteiger partial charge in [0.25, 0.3) is 0 Å². The van der Waals surface area contributed by atoms with Crippen LogP contribution in [0, 0.1) is 0 Å². The molecule has 0 spiro atoms. The van der Waals surface area contributed by atoms with Gasteiger partial charge in [-0.2, -0.15) is 0 Å². The zero-order chi connectivity index (χ0) is 25.7. The van der Waals surface area contributed by atoms with Gasteiger partial charge in [0.2, 0.25) is 17.6 Å². The van der Waals surface area contributed by atoms with Crippen molar-refractivity contribution in [3.05, 3.63) is 42.3 Å². The summed E-state index contributed by atoms with van der Waals surface area (Å²) in [6.07, 6.45) is -4.33. The molecule has 0 saturated heterocycles. The first kappa shape index (κ1) is 25.8. The number of aliphatic hydroxyl groups is 4. The van der Waals surface area contributed by atoms with Gasteiger partial charge in [0.15, 0.2) is 6.10 Å². The van der Waals surface area contributed by atoms with Gasteiger partial charge in [-0.3, -0.25) is 9.59 Å². The first-order chi connectivity index (χ1) is 16.6. The van der Waals surface area contributed by atoms with Crippen LogP contribution in [0.5, 0.6) is 0 Å². The smallest absolute Gasteiger partial charge is 0.370 e. The number of carbonyl (C=O) groups is 3. The number of hydrogen-bond acceptors (Lipinski definition) is 10. The molecule has 0 radical (unpaired) electrons. The molecule has 0 bridgehead atoms. The summed E-state index contributed by atoms with van der Waals surface area (Å²) in [6.45, 7) is 0.181. The lowest BCUT2D eigenvalue weighted by Crippen LogP contribution is -2.60. The van der Waals surface area contributed by atoms with Crippen molar-refractivity contribution in [2.75, 3.05) is 11.9 Å². The fourth-order valence-corrected chi connectivity index (χ4v) is 3.42. The molecule has 2 aromatic rings. The fraction of sp³-hybridized carbons (Fsp3) is 0.381. The zero-order valence-corrected chi connectivity index (χ0v) is 18.5. The van der Waals surface area contributed by atoms with Crippen LogP contribution in [0.3, 0.4) is 0 Å². The van der Waals surface area contributed by atoms with Crippen LogP contribution >= 0.6 is 0 Å². The summed E-state index contributed by atoms with van der Waals surface area (Å²) in [4.78, 5) is 35.0. The molecule has 0 saturated carbocycles. The van der Waals surface area contributed by atoms with E-state index in [1.165, 1.54) is 17.8 Å². The van der Waals surface area contributed by atoms with E-state index in [1.54, 1.807) is 24.3 Å². The molecule has 14 heteroatoms. The lowest BCUT2D eigenvalue weighted by molar-refractivity contribution is -0.149. The van der Waals surface area contributed by atoms with E-state index >= 15 is 0 Å². The van der Waals surface area contributed by atoms with Gasteiger partial charge in [-0.25, -0.2) is 9.48 Å². The Morgan fingerprint density at radius 3 is 2.49 bits per heavy atom. The number of nitrogens with zero attached hydrogens (tertiary/aromatic N) is 3. The highest BCUT2D eigenvalue weighted by Gasteiger charge is 2.43. The van der Waals surface area contributed by atoms with Crippen LogP contribution in [-0.4, -0.2) is 95.4 Å². The Hall–Kier alpha value is -3.85. The first-order valence-electron chi connectivity index (χ1n) is 10.4. The highest BCUT2D eigenvalue weighted by atomic mass is 16.5. The number of nitrogens with one attached hydrogen (secondary N) is 2. The van der Waals surface area contributed by atoms with Crippen LogP contribution in [0.2, 0.25) is 0 Å². The minimum atomic E-state index is -1.82. The summed E-state index contributed by atoms with van der Waals surface area (Å²) < 4.78 is 6.38. The largest absolute Gasteiger partial charge is 0.478 e. The highest BCUT2D eigenvalue weighted by molar-refractivity contribution is 5.89. The maximum atomic E-state index is 12.6. The van der Waals surface area contributed by atoms with Gasteiger partial charge >= 0.3 is 5.97 Å². The molecular formula is C21H25N5O9. The van der Waals surface area contributed by atoms with Crippen molar-refractivity contribution in [2.24, 2.45) is 0 Å². The molecule has 1 aliphatic rings. The van der Waals surface area contributed by atoms with Crippen molar-refractivity contribution in [1.82, 2.24) is 20.3 Å². The molecule has 1 aliphatic heterocycles. The summed E-state index contributed by atoms with van der Waals surface area (Å²) in [5, 5.41) is 61.6. The molecule has 14 nitrogen and oxygen atoms in total. The molecule has 2 heterocycles. The Morgan fingerprint density at radius 2 is 1.89 bits per heavy atom. The Morgan fingerprint density at radius 1 is 1.20 bits per heavy atom. The molecule has 0 aliphatic carbocycles. The van der Waals surface area contributed by atoms with Gasteiger partial charge in [-0.15, -0.1) is 5.10 Å². The minimum Gasteiger partial charge on any atom is -0.478 e. The van der Waals surface area contributed by atoms with E-state index in [9.17, 15) is 29.7 Å². The summed E-state index contributed by atoms with van der Waals surface area (Å²) in [7, 11) is 0. The Bertz CT molecular complexity index is 1100. The first-order valence-corrected chi connectivity index (χ1v) is 10.4. The average molecular weight is 491 g/mol. The third-order valence-electron chi connectivity index (χ3n) is 5.11. The van der Waals surface area contributed by atoms with Crippen molar-refractivity contribution < 1.29 is 44.7 Å². The number of anilines is 1. The van der Waals surface area contributed by atoms with E-state index in [0.29, 0.717) is 16.9 Å². The number of ether oxygens (including phenoxy) is 1. The molecule has 2 amide bonds. The lowest BCUT2D eigenvalue weighted by atomic mass is 9.94. The summed E-state index contributed by atoms with van der Waals surface area (Å²) >= 11 is 0. The molecule has 188 valence electrons. The Kier molecular flexibility index (Phi) is 8.14. The summed E-state index contributed by atoms with van der Waals surface area (Å²) in [6, 6.07) is 5.43. The third-order valence-corrected chi connectivity index (χ3v) is 5.11. The monoisotopic (exact) mass is 491 g/mol. The topological polar surface area (TPSA) is 216 Å². The molecular weight excluding hydrogens is 466 g/mol. The van der Waals surface area contributed by atoms with E-state index in [4.69, 9.17) is 14.9 Å². The van der Waals surface area contributed by atoms with Gasteiger partial charge in [0, 0.05) is 18.2 Å². The van der Waals surface area contributed by atoms with Gasteiger partial charge in [0.1, 0.15) is 30.6 Å². The van der Waals surface area contributed by atoms with E-state index in [1.807, 2.05) is 0 Å². The minimum absolute atomic E-state index is 0.210. The van der Waals surface area contributed by atoms with Gasteiger partial charge < -0.3 is 40.9 Å². The van der Waals surface area contributed by atoms with Crippen LogP contribution in [0.15, 0.2) is 42.3 Å². The van der Waals surface area contributed by atoms with Crippen LogP contribution < -0.4 is 10.6 Å². The number of aromatic nitrogens is 3. The molecule has 1 aromatic heterocycles. The van der Waals surface area contributed by atoms with E-state index in [2.05, 4.69) is 20.9 Å². The second-order valence-electron chi connectivity index (χ2n) is 7.80. The van der Waals surface area contributed by atoms with Crippen LogP contribution in [0.4, 0.5) is 5.69 Å². The highest BCUT2D eigenvalue weighted by Crippen LogP contribution is 2.23. The van der Waals surface area contributed by atoms with Crippen molar-refractivity contribution in [3.63, 3.8) is 0 Å². The standard InChI is InChI=1S/C21H25N5O9/c1-10(28)22-12-4-2-11(3-5-12)13-7-26(25-24-13)8-17(31)23-18-14(29)6-16(21(33)34)35-20(18)19(32)15(30)9-27/h2-7,14-15,18-20,27,29-30,32H,8-9H2,1H3,(H,22,28)(H,23,31)(H,33,34)/t14-,15+,18+,19+,20+/m0/s1. The predicted molar refractivity (Wildman–Crippen MR) is 117 cm³/mol. The number of aliphatic hydroxyl groups excluding tert-OH is 4. The van der Waals surface area contributed by atoms with Gasteiger partial charge in [0.05, 0.1) is 18.8 Å². The van der Waals surface area contributed by atoms with Crippen molar-refractivity contribution >= 4 is 23.5 Å². The molecule has 3 rings (SSSR count). The zero-order valence-electron chi connectivity index (χ0n) is 18.5. The number of benzene rings is 1. The number of carbonyl (C=O) groups excluding carboxylic acids is 2. The van der Waals surface area contributed by atoms with Crippen molar-refractivity contribution in [1.29, 1.82) is 0 Å². The molecule has 35 heavy (non-hydrogen) atoms. The quantitative estimate of drug-likeness (QED) is 0.200.